The number of anilines is 1. The second kappa shape index (κ2) is 8.75. The molecule has 0 aliphatic heterocycles. The summed E-state index contributed by atoms with van der Waals surface area (Å²) in [7, 11) is 0. The molecule has 1 atom stereocenters. The highest BCUT2D eigenvalue weighted by molar-refractivity contribution is 8.00. The van der Waals surface area contributed by atoms with Gasteiger partial charge in [0, 0.05) is 5.56 Å². The van der Waals surface area contributed by atoms with Crippen LogP contribution in [0.1, 0.15) is 23.9 Å². The molecule has 136 valence electrons. The summed E-state index contributed by atoms with van der Waals surface area (Å²) >= 11 is 2.62. The zero-order valence-electron chi connectivity index (χ0n) is 14.8. The average Bonchev–Trinajstić information content (AvgIpc) is 3.11. The quantitative estimate of drug-likeness (QED) is 0.626. The molecule has 0 aliphatic carbocycles. The van der Waals surface area contributed by atoms with E-state index in [9.17, 15) is 10.1 Å². The smallest absolute Gasteiger partial charge is 0.239 e. The van der Waals surface area contributed by atoms with Gasteiger partial charge in [-0.3, -0.25) is 10.1 Å². The summed E-state index contributed by atoms with van der Waals surface area (Å²) in [5, 5.41) is 21.5. The lowest BCUT2D eigenvalue weighted by molar-refractivity contribution is -0.115. The lowest BCUT2D eigenvalue weighted by atomic mass is 10.1. The van der Waals surface area contributed by atoms with Crippen LogP contribution in [-0.4, -0.2) is 26.3 Å². The zero-order valence-corrected chi connectivity index (χ0v) is 16.5. The van der Waals surface area contributed by atoms with Crippen molar-refractivity contribution in [1.29, 1.82) is 5.26 Å². The average molecular weight is 396 g/mol. The largest absolute Gasteiger partial charge is 0.300 e. The van der Waals surface area contributed by atoms with Gasteiger partial charge in [-0.1, -0.05) is 60.4 Å². The third-order valence-corrected chi connectivity index (χ3v) is 5.84. The summed E-state index contributed by atoms with van der Waals surface area (Å²) in [5.74, 6) is -0.172. The second-order valence-electron chi connectivity index (χ2n) is 5.66. The molecule has 0 fully saturated rings. The Morgan fingerprint density at radius 2 is 2.04 bits per heavy atom. The number of aryl methyl sites for hydroxylation is 1. The van der Waals surface area contributed by atoms with E-state index in [4.69, 9.17) is 0 Å². The molecule has 1 unspecified atom stereocenters. The fourth-order valence-corrected chi connectivity index (χ4v) is 3.96. The fourth-order valence-electron chi connectivity index (χ4n) is 2.38. The summed E-state index contributed by atoms with van der Waals surface area (Å²) in [4.78, 5) is 17.2. The number of hydrogen-bond donors (Lipinski definition) is 1. The first-order chi connectivity index (χ1) is 13.1. The molecule has 1 amide bonds. The molecule has 0 aliphatic rings. The minimum Gasteiger partial charge on any atom is -0.300 e. The molecule has 0 spiro atoms. The van der Waals surface area contributed by atoms with E-state index in [1.807, 2.05) is 50.2 Å². The third kappa shape index (κ3) is 4.70. The first kappa shape index (κ1) is 19.0. The molecule has 0 radical (unpaired) electrons. The van der Waals surface area contributed by atoms with Crippen molar-refractivity contribution >= 4 is 34.1 Å². The van der Waals surface area contributed by atoms with Gasteiger partial charge in [-0.2, -0.15) is 5.26 Å². The van der Waals surface area contributed by atoms with Crippen LogP contribution < -0.4 is 5.32 Å². The van der Waals surface area contributed by atoms with E-state index < -0.39 is 0 Å². The fraction of sp³-hybridized carbons (Fsp3) is 0.211. The minimum absolute atomic E-state index is 0.172. The molecule has 1 N–H and O–H groups in total. The van der Waals surface area contributed by atoms with Gasteiger partial charge in [0.1, 0.15) is 16.1 Å². The molecule has 3 rings (SSSR count). The first-order valence-electron chi connectivity index (χ1n) is 8.35. The molecule has 0 saturated carbocycles. The molecule has 1 aromatic carbocycles. The van der Waals surface area contributed by atoms with Crippen LogP contribution in [0.5, 0.6) is 0 Å². The highest BCUT2D eigenvalue weighted by Crippen LogP contribution is 2.30. The molecule has 0 bridgehead atoms. The van der Waals surface area contributed by atoms with Gasteiger partial charge >= 0.3 is 0 Å². The van der Waals surface area contributed by atoms with Crippen molar-refractivity contribution < 1.29 is 4.79 Å². The number of carbonyl (C=O) groups is 1. The maximum Gasteiger partial charge on any atom is 0.239 e. The van der Waals surface area contributed by atoms with E-state index in [1.54, 1.807) is 6.07 Å². The van der Waals surface area contributed by atoms with Crippen molar-refractivity contribution in [3.05, 3.63) is 53.0 Å². The number of pyridine rings is 1. The number of rotatable bonds is 6. The summed E-state index contributed by atoms with van der Waals surface area (Å²) < 4.78 is 0. The van der Waals surface area contributed by atoms with E-state index in [2.05, 4.69) is 26.6 Å². The van der Waals surface area contributed by atoms with Crippen molar-refractivity contribution in [2.45, 2.75) is 30.5 Å². The number of nitrogens with one attached hydrogen (secondary N) is 1. The van der Waals surface area contributed by atoms with E-state index in [0.29, 0.717) is 22.1 Å². The van der Waals surface area contributed by atoms with Crippen LogP contribution in [0, 0.1) is 18.3 Å². The van der Waals surface area contributed by atoms with Crippen LogP contribution in [0.4, 0.5) is 5.13 Å². The topological polar surface area (TPSA) is 91.6 Å². The number of aromatic nitrogens is 3. The summed E-state index contributed by atoms with van der Waals surface area (Å²) in [6.45, 7) is 3.76. The molecule has 2 heterocycles. The zero-order chi connectivity index (χ0) is 19.2. The van der Waals surface area contributed by atoms with Crippen LogP contribution in [-0.2, 0) is 4.79 Å². The summed E-state index contributed by atoms with van der Waals surface area (Å²) in [6.07, 6.45) is 0.594. The Bertz CT molecular complexity index is 981. The highest BCUT2D eigenvalue weighted by atomic mass is 32.2. The number of hydrogen-bond acceptors (Lipinski definition) is 7. The van der Waals surface area contributed by atoms with Crippen molar-refractivity contribution in [1.82, 2.24) is 15.2 Å². The minimum atomic E-state index is -0.389. The van der Waals surface area contributed by atoms with Gasteiger partial charge in [0.25, 0.3) is 0 Å². The van der Waals surface area contributed by atoms with Crippen molar-refractivity contribution in [3.8, 4) is 17.3 Å². The number of amides is 1. The highest BCUT2D eigenvalue weighted by Gasteiger charge is 2.22. The third-order valence-electron chi connectivity index (χ3n) is 3.72. The Morgan fingerprint density at radius 3 is 2.67 bits per heavy atom. The normalized spacial score (nSPS) is 11.6. The van der Waals surface area contributed by atoms with Gasteiger partial charge in [0.15, 0.2) is 0 Å². The molecule has 2 aromatic heterocycles. The van der Waals surface area contributed by atoms with E-state index in [-0.39, 0.29) is 11.2 Å². The lowest BCUT2D eigenvalue weighted by Crippen LogP contribution is -2.24. The second-order valence-corrected chi connectivity index (χ2v) is 8.03. The number of thioether (sulfide) groups is 1. The maximum atomic E-state index is 12.6. The molecule has 0 saturated heterocycles. The Kier molecular flexibility index (Phi) is 6.16. The van der Waals surface area contributed by atoms with Crippen molar-refractivity contribution in [2.24, 2.45) is 0 Å². The predicted molar refractivity (Wildman–Crippen MR) is 108 cm³/mol. The van der Waals surface area contributed by atoms with Crippen LogP contribution in [0.3, 0.4) is 0 Å². The molecule has 6 nitrogen and oxygen atoms in total. The number of nitrogens with zero attached hydrogens (tertiary/aromatic N) is 4. The van der Waals surface area contributed by atoms with Crippen LogP contribution >= 0.6 is 23.1 Å². The van der Waals surface area contributed by atoms with Crippen molar-refractivity contribution in [2.75, 3.05) is 5.32 Å². The summed E-state index contributed by atoms with van der Waals surface area (Å²) in [6, 6.07) is 15.5. The van der Waals surface area contributed by atoms with Gasteiger partial charge in [-0.05, 0) is 25.5 Å². The van der Waals surface area contributed by atoms with E-state index in [0.717, 1.165) is 16.3 Å². The Balaban J connectivity index is 1.83. The van der Waals surface area contributed by atoms with Crippen LogP contribution in [0.15, 0.2) is 47.5 Å². The van der Waals surface area contributed by atoms with Gasteiger partial charge < -0.3 is 0 Å². The van der Waals surface area contributed by atoms with Crippen LogP contribution in [0.2, 0.25) is 0 Å². The lowest BCUT2D eigenvalue weighted by Gasteiger charge is -2.14. The maximum absolute atomic E-state index is 12.6. The first-order valence-corrected chi connectivity index (χ1v) is 10.0. The van der Waals surface area contributed by atoms with Gasteiger partial charge in [0.2, 0.25) is 11.0 Å². The SMILES string of the molecule is CCC(Sc1nc(-c2ccccc2)ccc1C#N)C(=O)Nc1nnc(C)s1. The predicted octanol–water partition coefficient (Wildman–Crippen LogP) is 4.29. The Hall–Kier alpha value is -2.76. The number of carbonyl (C=O) groups excluding carboxylic acids is 1. The number of nitriles is 1. The standard InChI is InChI=1S/C19H17N5OS2/c1-3-16(17(25)22-19-24-23-12(2)26-19)27-18-14(11-20)9-10-15(21-18)13-7-5-4-6-8-13/h4-10,16H,3H2,1-2H3,(H,22,24,25). The number of benzene rings is 1. The van der Waals surface area contributed by atoms with Gasteiger partial charge in [-0.15, -0.1) is 10.2 Å². The Labute approximate surface area is 165 Å². The van der Waals surface area contributed by atoms with Crippen molar-refractivity contribution in [3.63, 3.8) is 0 Å². The molecular formula is C19H17N5OS2. The van der Waals surface area contributed by atoms with E-state index >= 15 is 0 Å². The van der Waals surface area contributed by atoms with E-state index in [1.165, 1.54) is 23.1 Å². The molecule has 8 heteroatoms. The summed E-state index contributed by atoms with van der Waals surface area (Å²) in [5.41, 5.74) is 2.19. The van der Waals surface area contributed by atoms with Gasteiger partial charge in [-0.25, -0.2) is 4.98 Å². The Morgan fingerprint density at radius 1 is 1.26 bits per heavy atom. The van der Waals surface area contributed by atoms with Crippen LogP contribution in [0.25, 0.3) is 11.3 Å². The van der Waals surface area contributed by atoms with Gasteiger partial charge in [0.05, 0.1) is 16.5 Å². The molecule has 27 heavy (non-hydrogen) atoms. The molecular weight excluding hydrogens is 378 g/mol. The molecule has 3 aromatic rings. The monoisotopic (exact) mass is 395 g/mol.